The summed E-state index contributed by atoms with van der Waals surface area (Å²) in [6.07, 6.45) is 0. The molecule has 1 rings (SSSR count). The number of halogens is 1. The van der Waals surface area contributed by atoms with Gasteiger partial charge in [-0.2, -0.15) is 0 Å². The van der Waals surface area contributed by atoms with Crippen molar-refractivity contribution in [3.8, 4) is 5.75 Å². The first-order valence-electron chi connectivity index (χ1n) is 6.61. The van der Waals surface area contributed by atoms with Crippen molar-refractivity contribution < 1.29 is 9.64 Å². The molecule has 0 fully saturated rings. The summed E-state index contributed by atoms with van der Waals surface area (Å²) in [5.41, 5.74) is 1.15. The fourth-order valence-electron chi connectivity index (χ4n) is 1.71. The van der Waals surface area contributed by atoms with E-state index < -0.39 is 0 Å². The fourth-order valence-corrected chi connectivity index (χ4v) is 2.55. The lowest BCUT2D eigenvalue weighted by Gasteiger charge is -2.18. The van der Waals surface area contributed by atoms with E-state index in [-0.39, 0.29) is 6.04 Å². The van der Waals surface area contributed by atoms with Gasteiger partial charge in [0.25, 0.3) is 0 Å². The summed E-state index contributed by atoms with van der Waals surface area (Å²) in [4.78, 5) is 1.40. The van der Waals surface area contributed by atoms with Gasteiger partial charge in [0.15, 0.2) is 5.11 Å². The molecule has 4 nitrogen and oxygen atoms in total. The molecule has 0 heterocycles. The second-order valence-electron chi connectivity index (χ2n) is 4.97. The van der Waals surface area contributed by atoms with Gasteiger partial charge < -0.3 is 20.3 Å². The van der Waals surface area contributed by atoms with Gasteiger partial charge in [-0.3, -0.25) is 0 Å². The predicted molar refractivity (Wildman–Crippen MR) is 90.5 cm³/mol. The van der Waals surface area contributed by atoms with Gasteiger partial charge in [0.05, 0.1) is 44.8 Å². The summed E-state index contributed by atoms with van der Waals surface area (Å²) in [5.74, 6) is 0.829. The van der Waals surface area contributed by atoms with Gasteiger partial charge in [0.1, 0.15) is 5.75 Å². The molecule has 20 heavy (non-hydrogen) atoms. The molecular formula is C14H23BrN3OS+. The topological polar surface area (TPSA) is 37.7 Å². The van der Waals surface area contributed by atoms with Crippen LogP contribution in [0.1, 0.15) is 18.5 Å². The van der Waals surface area contributed by atoms with Gasteiger partial charge in [-0.15, -0.1) is 0 Å². The normalized spacial score (nSPS) is 12.1. The van der Waals surface area contributed by atoms with Crippen LogP contribution in [0.25, 0.3) is 0 Å². The highest BCUT2D eigenvalue weighted by Crippen LogP contribution is 2.27. The minimum absolute atomic E-state index is 0.143. The maximum absolute atomic E-state index is 5.30. The first-order valence-corrected chi connectivity index (χ1v) is 7.81. The summed E-state index contributed by atoms with van der Waals surface area (Å²) >= 11 is 8.79. The zero-order valence-electron chi connectivity index (χ0n) is 12.4. The van der Waals surface area contributed by atoms with Crippen molar-refractivity contribution in [1.82, 2.24) is 10.6 Å². The summed E-state index contributed by atoms with van der Waals surface area (Å²) in [6.45, 7) is 3.98. The first-order chi connectivity index (χ1) is 9.43. The van der Waals surface area contributed by atoms with Crippen molar-refractivity contribution in [2.24, 2.45) is 0 Å². The number of likely N-dealkylation sites (N-methyl/N-ethyl adjacent to an activating group) is 1. The Morgan fingerprint density at radius 2 is 2.15 bits per heavy atom. The Labute approximate surface area is 135 Å². The molecule has 3 N–H and O–H groups in total. The average Bonchev–Trinajstić information content (AvgIpc) is 2.38. The van der Waals surface area contributed by atoms with Crippen LogP contribution in [0.3, 0.4) is 0 Å². The van der Waals surface area contributed by atoms with E-state index in [0.29, 0.717) is 5.11 Å². The highest BCUT2D eigenvalue weighted by Gasteiger charge is 2.09. The smallest absolute Gasteiger partial charge is 0.166 e. The molecule has 0 amide bonds. The summed E-state index contributed by atoms with van der Waals surface area (Å²) < 4.78 is 6.17. The van der Waals surface area contributed by atoms with E-state index in [1.54, 1.807) is 7.11 Å². The molecule has 0 aromatic heterocycles. The number of thiocarbonyl (C=S) groups is 1. The Kier molecular flexibility index (Phi) is 7.26. The number of ether oxygens (including phenoxy) is 1. The Hall–Kier alpha value is -0.850. The van der Waals surface area contributed by atoms with Crippen LogP contribution in [0.4, 0.5) is 0 Å². The Bertz CT molecular complexity index is 454. The zero-order chi connectivity index (χ0) is 15.1. The van der Waals surface area contributed by atoms with E-state index in [0.717, 1.165) is 28.9 Å². The number of nitrogens with one attached hydrogen (secondary N) is 3. The van der Waals surface area contributed by atoms with Crippen LogP contribution in [0.5, 0.6) is 5.75 Å². The summed E-state index contributed by atoms with van der Waals surface area (Å²) in [6, 6.07) is 6.17. The molecule has 112 valence electrons. The van der Waals surface area contributed by atoms with Crippen molar-refractivity contribution in [2.75, 3.05) is 34.3 Å². The Morgan fingerprint density at radius 3 is 2.70 bits per heavy atom. The maximum Gasteiger partial charge on any atom is 0.166 e. The standard InChI is InChI=1S/C14H22BrN3OS/c1-10(17-14(20)16-7-8-18(2)3)11-5-6-13(19-4)12(15)9-11/h5-6,9-10H,7-8H2,1-4H3,(H2,16,17,20)/p+1/t10-/m0/s1. The SMILES string of the molecule is COc1ccc([C@H](C)NC(=S)NCC[NH+](C)C)cc1Br. The van der Waals surface area contributed by atoms with Gasteiger partial charge in [-0.25, -0.2) is 0 Å². The van der Waals surface area contributed by atoms with Crippen molar-refractivity contribution in [3.05, 3.63) is 28.2 Å². The first kappa shape index (κ1) is 17.2. The summed E-state index contributed by atoms with van der Waals surface area (Å²) in [7, 11) is 5.90. The number of methoxy groups -OCH3 is 1. The number of benzene rings is 1. The third kappa shape index (κ3) is 5.64. The summed E-state index contributed by atoms with van der Waals surface area (Å²) in [5, 5.41) is 7.18. The average molecular weight is 361 g/mol. The van der Waals surface area contributed by atoms with Gasteiger partial charge in [0.2, 0.25) is 0 Å². The monoisotopic (exact) mass is 360 g/mol. The number of rotatable bonds is 6. The third-order valence-corrected chi connectivity index (χ3v) is 3.82. The van der Waals surface area contributed by atoms with E-state index in [1.807, 2.05) is 18.2 Å². The van der Waals surface area contributed by atoms with Crippen LogP contribution in [0.2, 0.25) is 0 Å². The Morgan fingerprint density at radius 1 is 1.45 bits per heavy atom. The molecule has 0 aliphatic heterocycles. The van der Waals surface area contributed by atoms with E-state index in [4.69, 9.17) is 17.0 Å². The van der Waals surface area contributed by atoms with Gasteiger partial charge in [0, 0.05) is 0 Å². The minimum atomic E-state index is 0.143. The largest absolute Gasteiger partial charge is 0.496 e. The van der Waals surface area contributed by atoms with E-state index in [2.05, 4.69) is 47.6 Å². The van der Waals surface area contributed by atoms with Crippen LogP contribution in [-0.4, -0.2) is 39.4 Å². The van der Waals surface area contributed by atoms with Gasteiger partial charge in [-0.05, 0) is 52.8 Å². The second kappa shape index (κ2) is 8.44. The molecule has 0 spiro atoms. The molecule has 6 heteroatoms. The molecule has 1 aromatic rings. The highest BCUT2D eigenvalue weighted by atomic mass is 79.9. The van der Waals surface area contributed by atoms with Crippen LogP contribution < -0.4 is 20.3 Å². The van der Waals surface area contributed by atoms with E-state index in [9.17, 15) is 0 Å². The molecule has 0 saturated heterocycles. The lowest BCUT2D eigenvalue weighted by Crippen LogP contribution is -3.06. The number of hydrogen-bond acceptors (Lipinski definition) is 2. The molecule has 0 radical (unpaired) electrons. The van der Waals surface area contributed by atoms with E-state index >= 15 is 0 Å². The van der Waals surface area contributed by atoms with Gasteiger partial charge >= 0.3 is 0 Å². The van der Waals surface area contributed by atoms with Gasteiger partial charge in [-0.1, -0.05) is 6.07 Å². The fraction of sp³-hybridized carbons (Fsp3) is 0.500. The zero-order valence-corrected chi connectivity index (χ0v) is 14.8. The van der Waals surface area contributed by atoms with Crippen molar-refractivity contribution in [1.29, 1.82) is 0 Å². The molecular weight excluding hydrogens is 338 g/mol. The molecule has 0 saturated carbocycles. The van der Waals surface area contributed by atoms with Crippen LogP contribution in [0.15, 0.2) is 22.7 Å². The predicted octanol–water partition coefficient (Wildman–Crippen LogP) is 1.13. The maximum atomic E-state index is 5.30. The van der Waals surface area contributed by atoms with Crippen LogP contribution >= 0.6 is 28.1 Å². The molecule has 1 aromatic carbocycles. The minimum Gasteiger partial charge on any atom is -0.496 e. The lowest BCUT2D eigenvalue weighted by molar-refractivity contribution is -0.856. The highest BCUT2D eigenvalue weighted by molar-refractivity contribution is 9.10. The molecule has 0 aliphatic rings. The van der Waals surface area contributed by atoms with Crippen molar-refractivity contribution >= 4 is 33.3 Å². The van der Waals surface area contributed by atoms with Crippen molar-refractivity contribution in [3.63, 3.8) is 0 Å². The van der Waals surface area contributed by atoms with Crippen molar-refractivity contribution in [2.45, 2.75) is 13.0 Å². The molecule has 0 aliphatic carbocycles. The quantitative estimate of drug-likeness (QED) is 0.664. The molecule has 1 atom stereocenters. The lowest BCUT2D eigenvalue weighted by atomic mass is 10.1. The van der Waals surface area contributed by atoms with Crippen LogP contribution in [0, 0.1) is 0 Å². The number of quaternary nitrogens is 1. The molecule has 0 bridgehead atoms. The molecule has 0 unspecified atom stereocenters. The Balaban J connectivity index is 2.51. The second-order valence-corrected chi connectivity index (χ2v) is 6.24. The number of hydrogen-bond donors (Lipinski definition) is 3. The third-order valence-electron chi connectivity index (χ3n) is 2.93. The van der Waals surface area contributed by atoms with Crippen LogP contribution in [-0.2, 0) is 0 Å². The van der Waals surface area contributed by atoms with E-state index in [1.165, 1.54) is 4.90 Å².